The first-order chi connectivity index (χ1) is 15.0. The van der Waals surface area contributed by atoms with Crippen LogP contribution in [0.5, 0.6) is 0 Å². The number of allylic oxidation sites excluding steroid dienone is 1. The first-order valence-electron chi connectivity index (χ1n) is 12.0. The van der Waals surface area contributed by atoms with E-state index in [1.807, 2.05) is 13.2 Å². The number of aliphatic imine (C=N–C) groups is 1. The Morgan fingerprint density at radius 1 is 1.26 bits per heavy atom. The first kappa shape index (κ1) is 23.7. The average molecular weight is 429 g/mol. The van der Waals surface area contributed by atoms with Gasteiger partial charge in [0.1, 0.15) is 5.84 Å². The van der Waals surface area contributed by atoms with Crippen molar-refractivity contribution < 1.29 is 5.11 Å². The van der Waals surface area contributed by atoms with Gasteiger partial charge in [0, 0.05) is 25.3 Å². The molecular weight excluding hydrogens is 388 g/mol. The second kappa shape index (κ2) is 11.6. The van der Waals surface area contributed by atoms with E-state index in [4.69, 9.17) is 4.98 Å². The molecule has 1 aromatic rings. The van der Waals surface area contributed by atoms with Gasteiger partial charge in [-0.15, -0.1) is 0 Å². The molecule has 7 heteroatoms. The number of aliphatic hydroxyl groups is 1. The van der Waals surface area contributed by atoms with Crippen molar-refractivity contribution in [3.8, 4) is 0 Å². The van der Waals surface area contributed by atoms with Crippen molar-refractivity contribution in [2.75, 3.05) is 25.5 Å². The Bertz CT molecular complexity index is 750. The van der Waals surface area contributed by atoms with Crippen molar-refractivity contribution in [1.29, 1.82) is 0 Å². The van der Waals surface area contributed by atoms with Crippen molar-refractivity contribution in [2.24, 2.45) is 10.9 Å². The number of hydrogen-bond donors (Lipinski definition) is 4. The fourth-order valence-electron chi connectivity index (χ4n) is 4.64. The number of piperidine rings is 1. The fraction of sp³-hybridized carbons (Fsp3) is 0.708. The third kappa shape index (κ3) is 6.50. The maximum absolute atomic E-state index is 9.94. The maximum Gasteiger partial charge on any atom is 0.223 e. The van der Waals surface area contributed by atoms with Crippen LogP contribution in [-0.2, 0) is 0 Å². The Balaban J connectivity index is 1.87. The van der Waals surface area contributed by atoms with E-state index in [2.05, 4.69) is 46.4 Å². The molecule has 1 atom stereocenters. The summed E-state index contributed by atoms with van der Waals surface area (Å²) < 4.78 is 0. The minimum absolute atomic E-state index is 0.185. The lowest BCUT2D eigenvalue weighted by atomic mass is 9.81. The topological polar surface area (TPSA) is 94.5 Å². The van der Waals surface area contributed by atoms with E-state index in [0.717, 1.165) is 87.1 Å². The number of amidine groups is 1. The Labute approximate surface area is 187 Å². The summed E-state index contributed by atoms with van der Waals surface area (Å²) in [4.78, 5) is 14.1. The zero-order valence-corrected chi connectivity index (χ0v) is 19.5. The first-order valence-corrected chi connectivity index (χ1v) is 12.0. The van der Waals surface area contributed by atoms with Crippen LogP contribution in [0, 0.1) is 5.92 Å². The third-order valence-electron chi connectivity index (χ3n) is 6.54. The summed E-state index contributed by atoms with van der Waals surface area (Å²) in [5.41, 5.74) is 2.83. The Morgan fingerprint density at radius 2 is 1.97 bits per heavy atom. The van der Waals surface area contributed by atoms with Crippen LogP contribution in [0.1, 0.15) is 76.5 Å². The molecule has 2 aliphatic rings. The monoisotopic (exact) mass is 428 g/mol. The van der Waals surface area contributed by atoms with Crippen LogP contribution in [0.4, 0.5) is 5.95 Å². The SMILES string of the molecule is C=C(c1nc(NC(C)CCC)ncc1/C(=N\C)NC1CCNCC1)[C@H]1CC[C@H](O)CC1. The molecule has 0 spiro atoms. The van der Waals surface area contributed by atoms with E-state index in [1.165, 1.54) is 0 Å². The van der Waals surface area contributed by atoms with Crippen LogP contribution in [0.3, 0.4) is 0 Å². The molecule has 0 amide bonds. The smallest absolute Gasteiger partial charge is 0.223 e. The lowest BCUT2D eigenvalue weighted by Gasteiger charge is -2.29. The summed E-state index contributed by atoms with van der Waals surface area (Å²) in [6.07, 6.45) is 9.57. The molecule has 1 aliphatic heterocycles. The molecule has 172 valence electrons. The molecule has 1 unspecified atom stereocenters. The quantitative estimate of drug-likeness (QED) is 0.375. The van der Waals surface area contributed by atoms with Crippen LogP contribution in [-0.4, -0.2) is 59.2 Å². The fourth-order valence-corrected chi connectivity index (χ4v) is 4.64. The van der Waals surface area contributed by atoms with Crippen molar-refractivity contribution in [3.63, 3.8) is 0 Å². The highest BCUT2D eigenvalue weighted by molar-refractivity contribution is 6.02. The second-order valence-corrected chi connectivity index (χ2v) is 9.06. The lowest BCUT2D eigenvalue weighted by molar-refractivity contribution is 0.119. The number of anilines is 1. The average Bonchev–Trinajstić information content (AvgIpc) is 2.78. The van der Waals surface area contributed by atoms with Gasteiger partial charge in [-0.25, -0.2) is 9.97 Å². The highest BCUT2D eigenvalue weighted by atomic mass is 16.3. The molecular formula is C24H40N6O. The standard InChI is InChI=1S/C24H40N6O/c1-5-6-16(2)28-24-27-15-21(23(25-4)29-19-11-13-26-14-12-19)22(30-24)17(3)18-7-9-20(31)10-8-18/h15-16,18-20,26,31H,3,5-14H2,1-2,4H3,(H,25,29)(H,27,28,30)/t16?,18-,20-. The molecule has 31 heavy (non-hydrogen) atoms. The molecule has 2 fully saturated rings. The molecule has 4 N–H and O–H groups in total. The van der Waals surface area contributed by atoms with Crippen LogP contribution in [0.25, 0.3) is 5.57 Å². The number of aliphatic hydroxyl groups excluding tert-OH is 1. The number of nitrogens with zero attached hydrogens (tertiary/aromatic N) is 3. The van der Waals surface area contributed by atoms with E-state index < -0.39 is 0 Å². The summed E-state index contributed by atoms with van der Waals surface area (Å²) in [5, 5.41) is 20.4. The number of rotatable bonds is 8. The second-order valence-electron chi connectivity index (χ2n) is 9.06. The largest absolute Gasteiger partial charge is 0.393 e. The molecule has 0 radical (unpaired) electrons. The molecule has 1 saturated carbocycles. The van der Waals surface area contributed by atoms with Gasteiger partial charge in [0.25, 0.3) is 0 Å². The summed E-state index contributed by atoms with van der Waals surface area (Å²) in [5.74, 6) is 1.82. The normalized spacial score (nSPS) is 23.9. The zero-order chi connectivity index (χ0) is 22.2. The van der Waals surface area contributed by atoms with E-state index in [9.17, 15) is 5.11 Å². The zero-order valence-electron chi connectivity index (χ0n) is 19.5. The third-order valence-corrected chi connectivity index (χ3v) is 6.54. The van der Waals surface area contributed by atoms with Crippen molar-refractivity contribution in [1.82, 2.24) is 20.6 Å². The minimum Gasteiger partial charge on any atom is -0.393 e. The van der Waals surface area contributed by atoms with Gasteiger partial charge in [0.2, 0.25) is 5.95 Å². The molecule has 0 bridgehead atoms. The van der Waals surface area contributed by atoms with Crippen LogP contribution >= 0.6 is 0 Å². The number of aromatic nitrogens is 2. The maximum atomic E-state index is 9.94. The van der Waals surface area contributed by atoms with Gasteiger partial charge in [0.15, 0.2) is 0 Å². The van der Waals surface area contributed by atoms with Crippen molar-refractivity contribution in [2.45, 2.75) is 83.4 Å². The molecule has 1 aromatic heterocycles. The molecule has 0 aromatic carbocycles. The number of hydrogen-bond acceptors (Lipinski definition) is 6. The highest BCUT2D eigenvalue weighted by Gasteiger charge is 2.26. The van der Waals surface area contributed by atoms with Gasteiger partial charge in [-0.05, 0) is 76.5 Å². The van der Waals surface area contributed by atoms with E-state index in [0.29, 0.717) is 23.9 Å². The summed E-state index contributed by atoms with van der Waals surface area (Å²) in [7, 11) is 1.82. The molecule has 1 aliphatic carbocycles. The van der Waals surface area contributed by atoms with E-state index in [-0.39, 0.29) is 6.10 Å². The van der Waals surface area contributed by atoms with E-state index >= 15 is 0 Å². The van der Waals surface area contributed by atoms with Crippen LogP contribution in [0.15, 0.2) is 17.8 Å². The van der Waals surface area contributed by atoms with Crippen molar-refractivity contribution >= 4 is 17.4 Å². The molecule has 2 heterocycles. The predicted octanol–water partition coefficient (Wildman–Crippen LogP) is 3.36. The Hall–Kier alpha value is -1.99. The summed E-state index contributed by atoms with van der Waals surface area (Å²) in [6.45, 7) is 10.9. The summed E-state index contributed by atoms with van der Waals surface area (Å²) in [6, 6.07) is 0.710. The van der Waals surface area contributed by atoms with Crippen molar-refractivity contribution in [3.05, 3.63) is 24.0 Å². The molecule has 3 rings (SSSR count). The van der Waals surface area contributed by atoms with Crippen LogP contribution < -0.4 is 16.0 Å². The predicted molar refractivity (Wildman–Crippen MR) is 129 cm³/mol. The summed E-state index contributed by atoms with van der Waals surface area (Å²) >= 11 is 0. The Morgan fingerprint density at radius 3 is 2.61 bits per heavy atom. The van der Waals surface area contributed by atoms with Gasteiger partial charge >= 0.3 is 0 Å². The van der Waals surface area contributed by atoms with Gasteiger partial charge in [-0.3, -0.25) is 4.99 Å². The van der Waals surface area contributed by atoms with E-state index in [1.54, 1.807) is 0 Å². The minimum atomic E-state index is -0.185. The lowest BCUT2D eigenvalue weighted by Crippen LogP contribution is -2.43. The van der Waals surface area contributed by atoms with Gasteiger partial charge < -0.3 is 21.1 Å². The highest BCUT2D eigenvalue weighted by Crippen LogP contribution is 2.35. The van der Waals surface area contributed by atoms with Gasteiger partial charge in [-0.1, -0.05) is 19.9 Å². The van der Waals surface area contributed by atoms with Crippen LogP contribution in [0.2, 0.25) is 0 Å². The number of nitrogens with one attached hydrogen (secondary N) is 3. The Kier molecular flexibility index (Phi) is 8.84. The van der Waals surface area contributed by atoms with Gasteiger partial charge in [-0.2, -0.15) is 0 Å². The van der Waals surface area contributed by atoms with Gasteiger partial charge in [0.05, 0.1) is 17.4 Å². The molecule has 7 nitrogen and oxygen atoms in total. The molecule has 1 saturated heterocycles.